The molecule has 1 aromatic carbocycles. The number of anilines is 1. The summed E-state index contributed by atoms with van der Waals surface area (Å²) in [6.07, 6.45) is 0.815. The Hall–Kier alpha value is -1.30. The van der Waals surface area contributed by atoms with E-state index in [9.17, 15) is 12.3 Å². The van der Waals surface area contributed by atoms with Gasteiger partial charge in [-0.2, -0.15) is 8.42 Å². The van der Waals surface area contributed by atoms with Crippen molar-refractivity contribution in [1.82, 2.24) is 0 Å². The first-order valence-electron chi connectivity index (χ1n) is 4.44. The van der Waals surface area contributed by atoms with Crippen molar-refractivity contribution in [3.05, 3.63) is 23.8 Å². The minimum atomic E-state index is -4.92. The Balaban J connectivity index is 2.31. The molecule has 0 bridgehead atoms. The zero-order chi connectivity index (χ0) is 11.1. The van der Waals surface area contributed by atoms with Crippen LogP contribution in [0.25, 0.3) is 0 Å². The molecule has 0 fully saturated rings. The number of hydrogen-bond acceptors (Lipinski definition) is 4. The second-order valence-corrected chi connectivity index (χ2v) is 4.39. The summed E-state index contributed by atoms with van der Waals surface area (Å²) in [4.78, 5) is 2.04. The zero-order valence-electron chi connectivity index (χ0n) is 8.10. The van der Waals surface area contributed by atoms with Gasteiger partial charge >= 0.3 is 10.5 Å². The molecule has 0 radical (unpaired) electrons. The van der Waals surface area contributed by atoms with Gasteiger partial charge in [-0.1, -0.05) is 3.89 Å². The van der Waals surface area contributed by atoms with E-state index in [4.69, 9.17) is 0 Å². The fraction of sp³-hybridized carbons (Fsp3) is 0.333. The van der Waals surface area contributed by atoms with Gasteiger partial charge in [-0.15, -0.1) is 0 Å². The highest BCUT2D eigenvalue weighted by molar-refractivity contribution is 7.81. The quantitative estimate of drug-likeness (QED) is 0.719. The molecule has 6 heteroatoms. The van der Waals surface area contributed by atoms with Gasteiger partial charge in [0, 0.05) is 19.3 Å². The van der Waals surface area contributed by atoms with Gasteiger partial charge in [0.2, 0.25) is 0 Å². The fourth-order valence-electron chi connectivity index (χ4n) is 1.71. The van der Waals surface area contributed by atoms with Crippen LogP contribution in [0, 0.1) is 0 Å². The van der Waals surface area contributed by atoms with Crippen molar-refractivity contribution in [3.8, 4) is 5.75 Å². The van der Waals surface area contributed by atoms with Crippen molar-refractivity contribution in [2.45, 2.75) is 6.42 Å². The van der Waals surface area contributed by atoms with Gasteiger partial charge < -0.3 is 9.08 Å². The number of likely N-dealkylation sites (N-methyl/N-ethyl adjacent to an activating group) is 1. The predicted molar refractivity (Wildman–Crippen MR) is 54.1 cm³/mol. The van der Waals surface area contributed by atoms with Crippen LogP contribution in [0.3, 0.4) is 0 Å². The number of rotatable bonds is 2. The van der Waals surface area contributed by atoms with Crippen LogP contribution < -0.4 is 9.08 Å². The van der Waals surface area contributed by atoms with Gasteiger partial charge in [0.1, 0.15) is 5.75 Å². The summed E-state index contributed by atoms with van der Waals surface area (Å²) in [5.41, 5.74) is 2.00. The lowest BCUT2D eigenvalue weighted by atomic mass is 10.1. The summed E-state index contributed by atoms with van der Waals surface area (Å²) < 4.78 is 36.9. The van der Waals surface area contributed by atoms with E-state index in [1.165, 1.54) is 6.07 Å². The molecule has 1 aliphatic rings. The lowest BCUT2D eigenvalue weighted by molar-refractivity contribution is 0.440. The van der Waals surface area contributed by atoms with Gasteiger partial charge in [-0.3, -0.25) is 0 Å². The van der Waals surface area contributed by atoms with Crippen LogP contribution in [0.1, 0.15) is 5.56 Å². The molecular formula is C9H10FNO3S. The smallest absolute Gasteiger partial charge is 0.374 e. The van der Waals surface area contributed by atoms with E-state index in [0.717, 1.165) is 24.2 Å². The first-order chi connectivity index (χ1) is 6.96. The van der Waals surface area contributed by atoms with Crippen molar-refractivity contribution in [1.29, 1.82) is 0 Å². The third-order valence-electron chi connectivity index (χ3n) is 2.37. The minimum absolute atomic E-state index is 0.0200. The largest absolute Gasteiger partial charge is 0.488 e. The Labute approximate surface area is 87.7 Å². The van der Waals surface area contributed by atoms with Gasteiger partial charge in [-0.05, 0) is 30.2 Å². The third-order valence-corrected chi connectivity index (χ3v) is 2.77. The molecule has 1 heterocycles. The van der Waals surface area contributed by atoms with Crippen LogP contribution in [0.2, 0.25) is 0 Å². The molecule has 0 amide bonds. The highest BCUT2D eigenvalue weighted by Crippen LogP contribution is 2.30. The highest BCUT2D eigenvalue weighted by atomic mass is 32.3. The lowest BCUT2D eigenvalue weighted by Crippen LogP contribution is -2.12. The number of halogens is 1. The second kappa shape index (κ2) is 3.37. The lowest BCUT2D eigenvalue weighted by Gasteiger charge is -2.11. The maximum Gasteiger partial charge on any atom is 0.488 e. The molecule has 0 aliphatic carbocycles. The average Bonchev–Trinajstić information content (AvgIpc) is 2.45. The summed E-state index contributed by atoms with van der Waals surface area (Å²) in [6, 6.07) is 4.72. The molecule has 82 valence electrons. The first-order valence-corrected chi connectivity index (χ1v) is 5.75. The van der Waals surface area contributed by atoms with Crippen molar-refractivity contribution in [3.63, 3.8) is 0 Å². The van der Waals surface area contributed by atoms with Crippen LogP contribution in [0.5, 0.6) is 5.75 Å². The molecule has 1 aromatic rings. The molecule has 0 atom stereocenters. The standard InChI is InChI=1S/C9H10FNO3S/c1-11-5-4-7-6-8(2-3-9(7)11)14-15(10,12)13/h2-3,6H,4-5H2,1H3. The Bertz CT molecular complexity index is 486. The van der Waals surface area contributed by atoms with E-state index in [0.29, 0.717) is 0 Å². The van der Waals surface area contributed by atoms with E-state index in [2.05, 4.69) is 4.18 Å². The first kappa shape index (κ1) is 10.2. The molecule has 0 saturated carbocycles. The number of benzene rings is 1. The maximum absolute atomic E-state index is 12.2. The van der Waals surface area contributed by atoms with E-state index >= 15 is 0 Å². The Morgan fingerprint density at radius 2 is 2.20 bits per heavy atom. The Morgan fingerprint density at radius 3 is 2.87 bits per heavy atom. The third kappa shape index (κ3) is 2.20. The number of hydrogen-bond donors (Lipinski definition) is 0. The molecule has 0 aromatic heterocycles. The molecule has 0 N–H and O–H groups in total. The van der Waals surface area contributed by atoms with Crippen LogP contribution in [-0.2, 0) is 16.9 Å². The Morgan fingerprint density at radius 1 is 1.47 bits per heavy atom. The van der Waals surface area contributed by atoms with Gasteiger partial charge in [0.25, 0.3) is 0 Å². The van der Waals surface area contributed by atoms with Crippen molar-refractivity contribution >= 4 is 16.2 Å². The monoisotopic (exact) mass is 231 g/mol. The summed E-state index contributed by atoms with van der Waals surface area (Å²) >= 11 is 0. The summed E-state index contributed by atoms with van der Waals surface area (Å²) in [7, 11) is -2.98. The molecule has 0 saturated heterocycles. The van der Waals surface area contributed by atoms with Crippen LogP contribution in [0.15, 0.2) is 18.2 Å². The van der Waals surface area contributed by atoms with Crippen LogP contribution >= 0.6 is 0 Å². The second-order valence-electron chi connectivity index (χ2n) is 3.44. The Kier molecular flexibility index (Phi) is 2.30. The van der Waals surface area contributed by atoms with Gasteiger partial charge in [0.05, 0.1) is 0 Å². The number of fused-ring (bicyclic) bond motifs is 1. The molecule has 1 aliphatic heterocycles. The summed E-state index contributed by atoms with van der Waals surface area (Å²) in [5.74, 6) is 0.0200. The summed E-state index contributed by atoms with van der Waals surface area (Å²) in [6.45, 7) is 0.876. The maximum atomic E-state index is 12.2. The SMILES string of the molecule is CN1CCc2cc(OS(=O)(=O)F)ccc21. The summed E-state index contributed by atoms with van der Waals surface area (Å²) in [5, 5.41) is 0. The van der Waals surface area contributed by atoms with E-state index in [1.807, 2.05) is 11.9 Å². The van der Waals surface area contributed by atoms with Gasteiger partial charge in [-0.25, -0.2) is 0 Å². The zero-order valence-corrected chi connectivity index (χ0v) is 8.92. The van der Waals surface area contributed by atoms with Crippen molar-refractivity contribution in [2.24, 2.45) is 0 Å². The van der Waals surface area contributed by atoms with Crippen LogP contribution in [-0.4, -0.2) is 22.0 Å². The molecule has 4 nitrogen and oxygen atoms in total. The molecule has 15 heavy (non-hydrogen) atoms. The van der Waals surface area contributed by atoms with Gasteiger partial charge in [0.15, 0.2) is 0 Å². The number of nitrogens with zero attached hydrogens (tertiary/aromatic N) is 1. The molecule has 0 spiro atoms. The topological polar surface area (TPSA) is 46.6 Å². The molecular weight excluding hydrogens is 221 g/mol. The molecule has 0 unspecified atom stereocenters. The average molecular weight is 231 g/mol. The fourth-order valence-corrected chi connectivity index (χ4v) is 2.04. The van der Waals surface area contributed by atoms with Crippen molar-refractivity contribution < 1.29 is 16.5 Å². The van der Waals surface area contributed by atoms with Crippen molar-refractivity contribution in [2.75, 3.05) is 18.5 Å². The molecule has 2 rings (SSSR count). The van der Waals surface area contributed by atoms with E-state index in [1.54, 1.807) is 12.1 Å². The minimum Gasteiger partial charge on any atom is -0.374 e. The van der Waals surface area contributed by atoms with Crippen LogP contribution in [0.4, 0.5) is 9.57 Å². The predicted octanol–water partition coefficient (Wildman–Crippen LogP) is 1.27. The van der Waals surface area contributed by atoms with E-state index < -0.39 is 10.5 Å². The normalized spacial score (nSPS) is 15.2. The van der Waals surface area contributed by atoms with E-state index in [-0.39, 0.29) is 5.75 Å². The highest BCUT2D eigenvalue weighted by Gasteiger charge is 2.17.